The van der Waals surface area contributed by atoms with Gasteiger partial charge in [0.15, 0.2) is 11.5 Å². The van der Waals surface area contributed by atoms with Gasteiger partial charge in [-0.2, -0.15) is 0 Å². The highest BCUT2D eigenvalue weighted by atomic mass is 35.5. The average molecular weight is 354 g/mol. The summed E-state index contributed by atoms with van der Waals surface area (Å²) in [5, 5.41) is 3.39. The summed E-state index contributed by atoms with van der Waals surface area (Å²) < 4.78 is 5.68. The predicted molar refractivity (Wildman–Crippen MR) is 98.3 cm³/mol. The third kappa shape index (κ3) is 3.64. The topological polar surface area (TPSA) is 59.3 Å². The van der Waals surface area contributed by atoms with E-state index in [-0.39, 0.29) is 17.5 Å². The molecule has 0 spiro atoms. The summed E-state index contributed by atoms with van der Waals surface area (Å²) in [6.07, 6.45) is 0. The quantitative estimate of drug-likeness (QED) is 0.642. The average Bonchev–Trinajstić information content (AvgIpc) is 3.08. The summed E-state index contributed by atoms with van der Waals surface area (Å²) in [5.74, 6) is 0.397. The second-order valence-electron chi connectivity index (χ2n) is 5.66. The second-order valence-corrected chi connectivity index (χ2v) is 6.07. The highest BCUT2D eigenvalue weighted by Gasteiger charge is 2.14. The molecule has 0 saturated heterocycles. The van der Waals surface area contributed by atoms with E-state index in [0.717, 1.165) is 11.1 Å². The Balaban J connectivity index is 1.79. The lowest BCUT2D eigenvalue weighted by Crippen LogP contribution is -2.10. The third-order valence-electron chi connectivity index (χ3n) is 3.91. The summed E-state index contributed by atoms with van der Waals surface area (Å²) in [6, 6.07) is 15.6. The molecule has 2 aromatic carbocycles. The monoisotopic (exact) mass is 353 g/mol. The van der Waals surface area contributed by atoms with Gasteiger partial charge in [0.2, 0.25) is 0 Å². The SMILES string of the molecule is CC(=O)c1ccc(NC(=O)c2ccc(-c3cccc(Cl)c3C)o2)cc1. The lowest BCUT2D eigenvalue weighted by molar-refractivity contribution is 0.0995. The highest BCUT2D eigenvalue weighted by Crippen LogP contribution is 2.29. The fourth-order valence-corrected chi connectivity index (χ4v) is 2.63. The molecule has 0 aliphatic rings. The number of nitrogens with one attached hydrogen (secondary N) is 1. The Morgan fingerprint density at radius 2 is 1.72 bits per heavy atom. The van der Waals surface area contributed by atoms with Gasteiger partial charge in [-0.25, -0.2) is 0 Å². The van der Waals surface area contributed by atoms with Crippen molar-refractivity contribution in [3.63, 3.8) is 0 Å². The molecule has 5 heteroatoms. The number of hydrogen-bond donors (Lipinski definition) is 1. The molecule has 126 valence electrons. The van der Waals surface area contributed by atoms with Crippen LogP contribution in [0.3, 0.4) is 0 Å². The number of hydrogen-bond acceptors (Lipinski definition) is 3. The van der Waals surface area contributed by atoms with E-state index in [4.69, 9.17) is 16.0 Å². The summed E-state index contributed by atoms with van der Waals surface area (Å²) in [6.45, 7) is 3.40. The van der Waals surface area contributed by atoms with Gasteiger partial charge in [-0.15, -0.1) is 0 Å². The molecule has 0 saturated carbocycles. The van der Waals surface area contributed by atoms with Crippen LogP contribution >= 0.6 is 11.6 Å². The first-order chi connectivity index (χ1) is 12.0. The van der Waals surface area contributed by atoms with E-state index in [1.165, 1.54) is 6.92 Å². The lowest BCUT2D eigenvalue weighted by atomic mass is 10.1. The summed E-state index contributed by atoms with van der Waals surface area (Å²) in [7, 11) is 0. The normalized spacial score (nSPS) is 10.5. The van der Waals surface area contributed by atoms with Crippen LogP contribution < -0.4 is 5.32 Å². The summed E-state index contributed by atoms with van der Waals surface area (Å²) in [4.78, 5) is 23.6. The summed E-state index contributed by atoms with van der Waals surface area (Å²) >= 11 is 6.13. The van der Waals surface area contributed by atoms with Crippen LogP contribution in [0.2, 0.25) is 5.02 Å². The molecule has 1 heterocycles. The lowest BCUT2D eigenvalue weighted by Gasteiger charge is -2.05. The number of amides is 1. The third-order valence-corrected chi connectivity index (χ3v) is 4.32. The van der Waals surface area contributed by atoms with Crippen molar-refractivity contribution in [2.24, 2.45) is 0 Å². The number of halogens is 1. The van der Waals surface area contributed by atoms with Crippen LogP contribution in [0.15, 0.2) is 59.0 Å². The number of benzene rings is 2. The Bertz CT molecular complexity index is 942. The van der Waals surface area contributed by atoms with Crippen LogP contribution in [0, 0.1) is 6.92 Å². The Hall–Kier alpha value is -2.85. The molecule has 0 fully saturated rings. The van der Waals surface area contributed by atoms with Gasteiger partial charge in [0, 0.05) is 21.8 Å². The van der Waals surface area contributed by atoms with E-state index in [9.17, 15) is 9.59 Å². The Labute approximate surface area is 150 Å². The van der Waals surface area contributed by atoms with Gasteiger partial charge in [0.1, 0.15) is 5.76 Å². The molecule has 0 aliphatic carbocycles. The van der Waals surface area contributed by atoms with Crippen molar-refractivity contribution < 1.29 is 14.0 Å². The molecule has 25 heavy (non-hydrogen) atoms. The van der Waals surface area contributed by atoms with Crippen LogP contribution in [0.4, 0.5) is 5.69 Å². The minimum absolute atomic E-state index is 0.0227. The molecule has 0 radical (unpaired) electrons. The number of furan rings is 1. The zero-order valence-electron chi connectivity index (χ0n) is 13.8. The van der Waals surface area contributed by atoms with Gasteiger partial charge in [-0.05, 0) is 61.9 Å². The number of rotatable bonds is 4. The van der Waals surface area contributed by atoms with Gasteiger partial charge in [-0.1, -0.05) is 23.7 Å². The first-order valence-electron chi connectivity index (χ1n) is 7.73. The maximum Gasteiger partial charge on any atom is 0.291 e. The molecular formula is C20H16ClNO3. The maximum atomic E-state index is 12.3. The number of carbonyl (C=O) groups excluding carboxylic acids is 2. The molecule has 1 amide bonds. The van der Waals surface area contributed by atoms with Crippen LogP contribution in [0.25, 0.3) is 11.3 Å². The first kappa shape index (κ1) is 17.0. The van der Waals surface area contributed by atoms with Crippen LogP contribution in [-0.4, -0.2) is 11.7 Å². The van der Waals surface area contributed by atoms with Crippen molar-refractivity contribution in [3.8, 4) is 11.3 Å². The van der Waals surface area contributed by atoms with E-state index < -0.39 is 0 Å². The second kappa shape index (κ2) is 6.95. The Kier molecular flexibility index (Phi) is 4.72. The molecule has 0 bridgehead atoms. The molecule has 0 atom stereocenters. The molecule has 0 aliphatic heterocycles. The minimum Gasteiger partial charge on any atom is -0.451 e. The predicted octanol–water partition coefficient (Wildman–Crippen LogP) is 5.36. The molecule has 0 unspecified atom stereocenters. The van der Waals surface area contributed by atoms with E-state index in [0.29, 0.717) is 22.0 Å². The molecule has 3 rings (SSSR count). The van der Waals surface area contributed by atoms with Gasteiger partial charge in [0.05, 0.1) is 0 Å². The highest BCUT2D eigenvalue weighted by molar-refractivity contribution is 6.31. The number of anilines is 1. The van der Waals surface area contributed by atoms with Gasteiger partial charge in [0.25, 0.3) is 5.91 Å². The first-order valence-corrected chi connectivity index (χ1v) is 8.11. The van der Waals surface area contributed by atoms with Crippen molar-refractivity contribution in [1.29, 1.82) is 0 Å². The van der Waals surface area contributed by atoms with E-state index in [1.54, 1.807) is 36.4 Å². The Morgan fingerprint density at radius 3 is 2.40 bits per heavy atom. The molecule has 1 N–H and O–H groups in total. The fraction of sp³-hybridized carbons (Fsp3) is 0.100. The van der Waals surface area contributed by atoms with Crippen molar-refractivity contribution in [2.75, 3.05) is 5.32 Å². The molecule has 3 aromatic rings. The van der Waals surface area contributed by atoms with Crippen molar-refractivity contribution in [1.82, 2.24) is 0 Å². The largest absolute Gasteiger partial charge is 0.451 e. The van der Waals surface area contributed by atoms with Gasteiger partial charge >= 0.3 is 0 Å². The zero-order valence-corrected chi connectivity index (χ0v) is 14.6. The fourth-order valence-electron chi connectivity index (χ4n) is 2.46. The zero-order chi connectivity index (χ0) is 18.0. The van der Waals surface area contributed by atoms with Crippen LogP contribution in [-0.2, 0) is 0 Å². The molecule has 1 aromatic heterocycles. The van der Waals surface area contributed by atoms with Crippen LogP contribution in [0.5, 0.6) is 0 Å². The Morgan fingerprint density at radius 1 is 1.00 bits per heavy atom. The smallest absolute Gasteiger partial charge is 0.291 e. The van der Waals surface area contributed by atoms with E-state index in [2.05, 4.69) is 5.32 Å². The maximum absolute atomic E-state index is 12.3. The van der Waals surface area contributed by atoms with Gasteiger partial charge in [-0.3, -0.25) is 9.59 Å². The van der Waals surface area contributed by atoms with Crippen molar-refractivity contribution in [2.45, 2.75) is 13.8 Å². The minimum atomic E-state index is -0.360. The molecular weight excluding hydrogens is 338 g/mol. The number of carbonyl (C=O) groups is 2. The molecule has 4 nitrogen and oxygen atoms in total. The van der Waals surface area contributed by atoms with Crippen molar-refractivity contribution >= 4 is 29.0 Å². The number of ketones is 1. The van der Waals surface area contributed by atoms with E-state index >= 15 is 0 Å². The number of Topliss-reactive ketones (excluding diaryl/α,β-unsaturated/α-hetero) is 1. The summed E-state index contributed by atoms with van der Waals surface area (Å²) in [5.41, 5.74) is 2.92. The van der Waals surface area contributed by atoms with Crippen molar-refractivity contribution in [3.05, 3.63) is 76.5 Å². The standard InChI is InChI=1S/C20H16ClNO3/c1-12-16(4-3-5-17(12)21)18-10-11-19(25-18)20(24)22-15-8-6-14(7-9-15)13(2)23/h3-11H,1-2H3,(H,22,24). The van der Waals surface area contributed by atoms with Crippen LogP contribution in [0.1, 0.15) is 33.4 Å². The van der Waals surface area contributed by atoms with Gasteiger partial charge < -0.3 is 9.73 Å². The van der Waals surface area contributed by atoms with E-state index in [1.807, 2.05) is 25.1 Å².